The maximum Gasteiger partial charge on any atom is 0.138 e. The molecular formula is C20H24O. The third kappa shape index (κ3) is 1.79. The summed E-state index contributed by atoms with van der Waals surface area (Å²) in [5.74, 6) is 1.11. The van der Waals surface area contributed by atoms with E-state index in [0.29, 0.717) is 18.1 Å². The van der Waals surface area contributed by atoms with Crippen molar-refractivity contribution in [2.75, 3.05) is 0 Å². The van der Waals surface area contributed by atoms with Gasteiger partial charge in [0.15, 0.2) is 0 Å². The Morgan fingerprint density at radius 2 is 2.00 bits per heavy atom. The first-order chi connectivity index (χ1) is 9.90. The Kier molecular flexibility index (Phi) is 2.59. The lowest BCUT2D eigenvalue weighted by Gasteiger charge is -2.44. The summed E-state index contributed by atoms with van der Waals surface area (Å²) in [6, 6.07) is 6.65. The van der Waals surface area contributed by atoms with Crippen molar-refractivity contribution in [3.63, 3.8) is 0 Å². The van der Waals surface area contributed by atoms with Gasteiger partial charge in [-0.1, -0.05) is 50.6 Å². The fourth-order valence-corrected chi connectivity index (χ4v) is 5.08. The van der Waals surface area contributed by atoms with Crippen LogP contribution >= 0.6 is 0 Å². The van der Waals surface area contributed by atoms with Crippen LogP contribution in [0.25, 0.3) is 0 Å². The molecule has 3 aliphatic rings. The quantitative estimate of drug-likeness (QED) is 0.640. The van der Waals surface area contributed by atoms with E-state index in [9.17, 15) is 4.79 Å². The maximum atomic E-state index is 12.4. The van der Waals surface area contributed by atoms with E-state index >= 15 is 0 Å². The number of ketones is 1. The van der Waals surface area contributed by atoms with Crippen LogP contribution in [0, 0.1) is 5.92 Å². The lowest BCUT2D eigenvalue weighted by Crippen LogP contribution is -2.41. The summed E-state index contributed by atoms with van der Waals surface area (Å²) in [5.41, 5.74) is 6.20. The number of carbonyl (C=O) groups excluding carboxylic acids is 1. The lowest BCUT2D eigenvalue weighted by atomic mass is 9.59. The predicted molar refractivity (Wildman–Crippen MR) is 85.6 cm³/mol. The molecule has 21 heavy (non-hydrogen) atoms. The molecule has 2 atom stereocenters. The summed E-state index contributed by atoms with van der Waals surface area (Å²) in [7, 11) is 0. The van der Waals surface area contributed by atoms with Crippen LogP contribution in [0.3, 0.4) is 0 Å². The van der Waals surface area contributed by atoms with Crippen molar-refractivity contribution in [2.45, 2.75) is 63.7 Å². The minimum absolute atomic E-state index is 0.124. The number of benzene rings is 1. The highest BCUT2D eigenvalue weighted by Gasteiger charge is 2.53. The Bertz CT molecular complexity index is 659. The van der Waals surface area contributed by atoms with Gasteiger partial charge < -0.3 is 0 Å². The van der Waals surface area contributed by atoms with E-state index in [1.54, 1.807) is 11.1 Å². The molecule has 0 saturated heterocycles. The first-order valence-corrected chi connectivity index (χ1v) is 8.23. The summed E-state index contributed by atoms with van der Waals surface area (Å²) in [5, 5.41) is 0. The largest absolute Gasteiger partial charge is 0.299 e. The van der Waals surface area contributed by atoms with Gasteiger partial charge in [0.25, 0.3) is 0 Å². The number of hydrogen-bond donors (Lipinski definition) is 0. The van der Waals surface area contributed by atoms with Crippen molar-refractivity contribution in [1.82, 2.24) is 0 Å². The van der Waals surface area contributed by atoms with E-state index in [-0.39, 0.29) is 10.8 Å². The lowest BCUT2D eigenvalue weighted by molar-refractivity contribution is -0.120. The molecule has 1 saturated carbocycles. The zero-order valence-corrected chi connectivity index (χ0v) is 13.3. The maximum absolute atomic E-state index is 12.4. The van der Waals surface area contributed by atoms with Crippen molar-refractivity contribution in [3.8, 4) is 0 Å². The molecule has 1 nitrogen and oxygen atoms in total. The van der Waals surface area contributed by atoms with Crippen LogP contribution in [0.1, 0.15) is 63.1 Å². The van der Waals surface area contributed by atoms with Gasteiger partial charge in [0.2, 0.25) is 0 Å². The summed E-state index contributed by atoms with van der Waals surface area (Å²) in [4.78, 5) is 12.4. The Labute approximate surface area is 127 Å². The van der Waals surface area contributed by atoms with Gasteiger partial charge in [-0.25, -0.2) is 0 Å². The third-order valence-electron chi connectivity index (χ3n) is 5.88. The highest BCUT2D eigenvalue weighted by molar-refractivity contribution is 5.86. The van der Waals surface area contributed by atoms with E-state index in [4.69, 9.17) is 0 Å². The fraction of sp³-hybridized carbons (Fsp3) is 0.550. The van der Waals surface area contributed by atoms with Crippen molar-refractivity contribution in [1.29, 1.82) is 0 Å². The van der Waals surface area contributed by atoms with Gasteiger partial charge >= 0.3 is 0 Å². The van der Waals surface area contributed by atoms with E-state index in [2.05, 4.69) is 45.0 Å². The van der Waals surface area contributed by atoms with Crippen LogP contribution in [-0.2, 0) is 22.0 Å². The van der Waals surface area contributed by atoms with Crippen LogP contribution in [0.5, 0.6) is 0 Å². The predicted octanol–water partition coefficient (Wildman–Crippen LogP) is 4.48. The molecule has 0 N–H and O–H groups in total. The molecule has 110 valence electrons. The van der Waals surface area contributed by atoms with Gasteiger partial charge in [-0.3, -0.25) is 4.79 Å². The van der Waals surface area contributed by atoms with E-state index in [1.807, 2.05) is 0 Å². The van der Waals surface area contributed by atoms with Crippen LogP contribution in [-0.4, -0.2) is 5.78 Å². The first kappa shape index (κ1) is 13.3. The molecule has 1 aromatic rings. The van der Waals surface area contributed by atoms with Crippen molar-refractivity contribution >= 4 is 5.78 Å². The standard InChI is InChI=1S/C20H24O/c1-19(2,3)17-6-4-5-14-10-16(21)12-20(18(14)17)11-13-7-8-15(20)9-13/h4-7,15H,8-12H2,1-3H3. The highest BCUT2D eigenvalue weighted by Crippen LogP contribution is 2.59. The van der Waals surface area contributed by atoms with Gasteiger partial charge in [0, 0.05) is 18.3 Å². The number of Topliss-reactive ketones (excluding diaryl/α,β-unsaturated/α-hetero) is 1. The summed E-state index contributed by atoms with van der Waals surface area (Å²) in [6.07, 6.45) is 7.38. The van der Waals surface area contributed by atoms with Crippen LogP contribution in [0.15, 0.2) is 29.8 Å². The molecule has 1 aromatic carbocycles. The summed E-state index contributed by atoms with van der Waals surface area (Å²) in [6.45, 7) is 6.91. The van der Waals surface area contributed by atoms with Crippen molar-refractivity contribution < 1.29 is 4.79 Å². The molecule has 2 bridgehead atoms. The van der Waals surface area contributed by atoms with Gasteiger partial charge in [-0.15, -0.1) is 0 Å². The van der Waals surface area contributed by atoms with Crippen LogP contribution in [0.2, 0.25) is 0 Å². The second-order valence-corrected chi connectivity index (χ2v) is 8.31. The Balaban J connectivity index is 1.98. The minimum atomic E-state index is 0.124. The molecule has 0 aromatic heterocycles. The zero-order chi connectivity index (χ0) is 14.8. The van der Waals surface area contributed by atoms with E-state index in [1.165, 1.54) is 24.0 Å². The smallest absolute Gasteiger partial charge is 0.138 e. The van der Waals surface area contributed by atoms with Gasteiger partial charge in [-0.05, 0) is 47.3 Å². The van der Waals surface area contributed by atoms with Crippen molar-refractivity contribution in [2.24, 2.45) is 5.92 Å². The second kappa shape index (κ2) is 4.09. The molecule has 2 unspecified atom stereocenters. The number of rotatable bonds is 0. The highest BCUT2D eigenvalue weighted by atomic mass is 16.1. The van der Waals surface area contributed by atoms with E-state index < -0.39 is 0 Å². The molecule has 1 fully saturated rings. The Hall–Kier alpha value is -1.37. The summed E-state index contributed by atoms with van der Waals surface area (Å²) < 4.78 is 0. The molecule has 1 heteroatoms. The molecule has 0 aliphatic heterocycles. The molecule has 0 amide bonds. The van der Waals surface area contributed by atoms with Crippen LogP contribution in [0.4, 0.5) is 0 Å². The normalized spacial score (nSPS) is 30.7. The van der Waals surface area contributed by atoms with Crippen molar-refractivity contribution in [3.05, 3.63) is 46.5 Å². The molecule has 4 rings (SSSR count). The number of carbonyl (C=O) groups is 1. The molecule has 0 radical (unpaired) electrons. The van der Waals surface area contributed by atoms with Crippen LogP contribution < -0.4 is 0 Å². The van der Waals surface area contributed by atoms with E-state index in [0.717, 1.165) is 12.8 Å². The molecular weight excluding hydrogens is 256 g/mol. The van der Waals surface area contributed by atoms with Gasteiger partial charge in [0.05, 0.1) is 0 Å². The topological polar surface area (TPSA) is 17.1 Å². The first-order valence-electron chi connectivity index (χ1n) is 8.23. The summed E-state index contributed by atoms with van der Waals surface area (Å²) >= 11 is 0. The SMILES string of the molecule is CC(C)(C)c1cccc2c1C1(CC(=O)C2)CC2=CCC1C2. The number of hydrogen-bond acceptors (Lipinski definition) is 1. The Morgan fingerprint density at radius 1 is 1.19 bits per heavy atom. The second-order valence-electron chi connectivity index (χ2n) is 8.31. The molecule has 0 heterocycles. The average molecular weight is 280 g/mol. The molecule has 1 spiro atoms. The molecule has 3 aliphatic carbocycles. The fourth-order valence-electron chi connectivity index (χ4n) is 5.08. The Morgan fingerprint density at radius 3 is 2.62 bits per heavy atom. The zero-order valence-electron chi connectivity index (χ0n) is 13.3. The van der Waals surface area contributed by atoms with Gasteiger partial charge in [0.1, 0.15) is 5.78 Å². The van der Waals surface area contributed by atoms with Gasteiger partial charge in [-0.2, -0.15) is 0 Å². The average Bonchev–Trinajstić information content (AvgIpc) is 2.97. The minimum Gasteiger partial charge on any atom is -0.299 e. The number of fused-ring (bicyclic) bond motifs is 5. The third-order valence-corrected chi connectivity index (χ3v) is 5.88. The number of allylic oxidation sites excluding steroid dienone is 2. The monoisotopic (exact) mass is 280 g/mol.